The summed E-state index contributed by atoms with van der Waals surface area (Å²) in [5, 5.41) is 4.37. The van der Waals surface area contributed by atoms with Gasteiger partial charge in [-0.15, -0.1) is 0 Å². The molecule has 0 aliphatic carbocycles. The highest BCUT2D eigenvalue weighted by atomic mass is 35.5. The molecule has 0 spiro atoms. The summed E-state index contributed by atoms with van der Waals surface area (Å²) in [6.45, 7) is 6.28. The van der Waals surface area contributed by atoms with Gasteiger partial charge in [-0.05, 0) is 37.0 Å². The second-order valence-corrected chi connectivity index (χ2v) is 6.59. The molecule has 1 saturated heterocycles. The van der Waals surface area contributed by atoms with E-state index in [2.05, 4.69) is 38.8 Å². The van der Waals surface area contributed by atoms with Crippen molar-refractivity contribution in [3.8, 4) is 0 Å². The Kier molecular flexibility index (Phi) is 4.69. The molecule has 0 unspecified atom stereocenters. The van der Waals surface area contributed by atoms with Crippen LogP contribution in [0, 0.1) is 12.8 Å². The lowest BCUT2D eigenvalue weighted by atomic mass is 10.1. The molecule has 5 heteroatoms. The van der Waals surface area contributed by atoms with E-state index in [1.807, 2.05) is 25.6 Å². The summed E-state index contributed by atoms with van der Waals surface area (Å²) in [7, 11) is 2.03. The van der Waals surface area contributed by atoms with Crippen molar-refractivity contribution in [2.75, 3.05) is 24.5 Å². The molecule has 1 aromatic carbocycles. The van der Waals surface area contributed by atoms with Crippen LogP contribution < -0.4 is 10.2 Å². The number of aromatic nitrogens is 2. The second-order valence-electron chi connectivity index (χ2n) is 6.16. The largest absolute Gasteiger partial charge is 0.371 e. The first-order valence-corrected chi connectivity index (χ1v) is 8.18. The molecule has 118 valence electrons. The molecule has 0 amide bonds. The fourth-order valence-corrected chi connectivity index (χ4v) is 3.27. The van der Waals surface area contributed by atoms with E-state index in [4.69, 9.17) is 11.6 Å². The topological polar surface area (TPSA) is 33.1 Å². The van der Waals surface area contributed by atoms with Gasteiger partial charge in [0.2, 0.25) is 0 Å². The number of rotatable bonds is 5. The molecule has 4 nitrogen and oxygen atoms in total. The van der Waals surface area contributed by atoms with Crippen molar-refractivity contribution in [2.45, 2.75) is 19.9 Å². The number of imidazole rings is 1. The Morgan fingerprint density at radius 2 is 2.27 bits per heavy atom. The van der Waals surface area contributed by atoms with E-state index >= 15 is 0 Å². The van der Waals surface area contributed by atoms with Gasteiger partial charge in [-0.2, -0.15) is 0 Å². The van der Waals surface area contributed by atoms with Gasteiger partial charge in [0, 0.05) is 50.1 Å². The number of halogens is 1. The highest BCUT2D eigenvalue weighted by molar-refractivity contribution is 6.30. The van der Waals surface area contributed by atoms with Crippen molar-refractivity contribution in [1.82, 2.24) is 14.9 Å². The van der Waals surface area contributed by atoms with E-state index < -0.39 is 0 Å². The molecule has 2 heterocycles. The molecule has 1 aliphatic rings. The monoisotopic (exact) mass is 318 g/mol. The van der Waals surface area contributed by atoms with Crippen molar-refractivity contribution in [2.24, 2.45) is 13.0 Å². The summed E-state index contributed by atoms with van der Waals surface area (Å²) in [6.07, 6.45) is 4.99. The van der Waals surface area contributed by atoms with Crippen molar-refractivity contribution in [3.05, 3.63) is 47.0 Å². The molecule has 1 fully saturated rings. The molecule has 0 saturated carbocycles. The van der Waals surface area contributed by atoms with E-state index in [9.17, 15) is 0 Å². The van der Waals surface area contributed by atoms with Crippen LogP contribution in [0.25, 0.3) is 0 Å². The van der Waals surface area contributed by atoms with Crippen LogP contribution >= 0.6 is 11.6 Å². The van der Waals surface area contributed by atoms with Crippen LogP contribution in [0.15, 0.2) is 30.7 Å². The third kappa shape index (κ3) is 3.45. The van der Waals surface area contributed by atoms with Crippen LogP contribution in [0.5, 0.6) is 0 Å². The minimum absolute atomic E-state index is 0.687. The lowest BCUT2D eigenvalue weighted by Gasteiger charge is -2.21. The summed E-state index contributed by atoms with van der Waals surface area (Å²) in [5.74, 6) is 0.687. The van der Waals surface area contributed by atoms with E-state index in [0.717, 1.165) is 31.2 Å². The van der Waals surface area contributed by atoms with Crippen LogP contribution in [0.2, 0.25) is 5.02 Å². The molecule has 3 rings (SSSR count). The highest BCUT2D eigenvalue weighted by Gasteiger charge is 2.23. The van der Waals surface area contributed by atoms with E-state index in [-0.39, 0.29) is 0 Å². The number of nitrogens with zero attached hydrogens (tertiary/aromatic N) is 3. The number of hydrogen-bond donors (Lipinski definition) is 1. The minimum Gasteiger partial charge on any atom is -0.371 e. The van der Waals surface area contributed by atoms with Gasteiger partial charge in [0.05, 0.1) is 12.0 Å². The standard InChI is InChI=1S/C17H23ClN4/c1-13-3-4-15(18)7-17(13)22-6-5-14(11-22)8-19-9-16-10-20-12-21(16)2/h3-4,7,10,12,14,19H,5-6,8-9,11H2,1-2H3/t14-/m0/s1. The van der Waals surface area contributed by atoms with Crippen molar-refractivity contribution >= 4 is 17.3 Å². The normalized spacial score (nSPS) is 18.1. The first-order chi connectivity index (χ1) is 10.6. The molecule has 0 radical (unpaired) electrons. The van der Waals surface area contributed by atoms with Crippen molar-refractivity contribution in [1.29, 1.82) is 0 Å². The second kappa shape index (κ2) is 6.71. The van der Waals surface area contributed by atoms with Crippen LogP contribution in [0.3, 0.4) is 0 Å². The van der Waals surface area contributed by atoms with Gasteiger partial charge in [0.25, 0.3) is 0 Å². The summed E-state index contributed by atoms with van der Waals surface area (Å²) in [4.78, 5) is 6.60. The lowest BCUT2D eigenvalue weighted by Crippen LogP contribution is -2.27. The first-order valence-electron chi connectivity index (χ1n) is 7.80. The van der Waals surface area contributed by atoms with Gasteiger partial charge in [-0.25, -0.2) is 4.98 Å². The maximum absolute atomic E-state index is 6.14. The molecule has 1 N–H and O–H groups in total. The molecular weight excluding hydrogens is 296 g/mol. The van der Waals surface area contributed by atoms with Gasteiger partial charge in [0.15, 0.2) is 0 Å². The molecule has 0 bridgehead atoms. The van der Waals surface area contributed by atoms with Gasteiger partial charge >= 0.3 is 0 Å². The Labute approximate surface area is 137 Å². The Hall–Kier alpha value is -1.52. The van der Waals surface area contributed by atoms with Crippen LogP contribution in [0.4, 0.5) is 5.69 Å². The van der Waals surface area contributed by atoms with Crippen LogP contribution in [-0.4, -0.2) is 29.2 Å². The summed E-state index contributed by atoms with van der Waals surface area (Å²) >= 11 is 6.14. The molecule has 1 atom stereocenters. The maximum atomic E-state index is 6.14. The average Bonchev–Trinajstić information content (AvgIpc) is 3.12. The van der Waals surface area contributed by atoms with Crippen LogP contribution in [-0.2, 0) is 13.6 Å². The molecular formula is C17H23ClN4. The molecule has 1 aromatic heterocycles. The Bertz CT molecular complexity index is 637. The molecule has 1 aliphatic heterocycles. The number of hydrogen-bond acceptors (Lipinski definition) is 3. The van der Waals surface area contributed by atoms with Gasteiger partial charge in [-0.1, -0.05) is 17.7 Å². The third-order valence-electron chi connectivity index (χ3n) is 4.45. The predicted octanol–water partition coefficient (Wildman–Crippen LogP) is 3.00. The summed E-state index contributed by atoms with van der Waals surface area (Å²) < 4.78 is 2.06. The van der Waals surface area contributed by atoms with Gasteiger partial charge < -0.3 is 14.8 Å². The van der Waals surface area contributed by atoms with Crippen molar-refractivity contribution < 1.29 is 0 Å². The minimum atomic E-state index is 0.687. The van der Waals surface area contributed by atoms with E-state index in [0.29, 0.717) is 5.92 Å². The lowest BCUT2D eigenvalue weighted by molar-refractivity contribution is 0.510. The summed E-state index contributed by atoms with van der Waals surface area (Å²) in [6, 6.07) is 6.15. The highest BCUT2D eigenvalue weighted by Crippen LogP contribution is 2.29. The zero-order chi connectivity index (χ0) is 15.5. The fourth-order valence-electron chi connectivity index (χ4n) is 3.10. The quantitative estimate of drug-likeness (QED) is 0.920. The fraction of sp³-hybridized carbons (Fsp3) is 0.471. The predicted molar refractivity (Wildman–Crippen MR) is 91.4 cm³/mol. The SMILES string of the molecule is Cc1ccc(Cl)cc1N1CC[C@@H](CNCc2cncn2C)C1. The van der Waals surface area contributed by atoms with Crippen molar-refractivity contribution in [3.63, 3.8) is 0 Å². The molecule has 22 heavy (non-hydrogen) atoms. The van der Waals surface area contributed by atoms with Gasteiger partial charge in [0.1, 0.15) is 0 Å². The number of aryl methyl sites for hydroxylation is 2. The van der Waals surface area contributed by atoms with Gasteiger partial charge in [-0.3, -0.25) is 0 Å². The number of nitrogens with one attached hydrogen (secondary N) is 1. The van der Waals surface area contributed by atoms with Crippen LogP contribution in [0.1, 0.15) is 17.7 Å². The first kappa shape index (κ1) is 15.4. The maximum Gasteiger partial charge on any atom is 0.0945 e. The molecule has 2 aromatic rings. The zero-order valence-corrected chi connectivity index (χ0v) is 14.0. The zero-order valence-electron chi connectivity index (χ0n) is 13.2. The Morgan fingerprint density at radius 3 is 3.05 bits per heavy atom. The van der Waals surface area contributed by atoms with E-state index in [1.165, 1.54) is 23.4 Å². The number of benzene rings is 1. The average molecular weight is 319 g/mol. The smallest absolute Gasteiger partial charge is 0.0945 e. The number of anilines is 1. The van der Waals surface area contributed by atoms with E-state index in [1.54, 1.807) is 0 Å². The summed E-state index contributed by atoms with van der Waals surface area (Å²) in [5.41, 5.74) is 3.80. The Morgan fingerprint density at radius 1 is 1.41 bits per heavy atom. The Balaban J connectivity index is 1.52. The third-order valence-corrected chi connectivity index (χ3v) is 4.69.